The molecule has 0 radical (unpaired) electrons. The van der Waals surface area contributed by atoms with Crippen LogP contribution in [0.2, 0.25) is 0 Å². The van der Waals surface area contributed by atoms with E-state index < -0.39 is 236 Å². The smallest absolute Gasteiger partial charge is 0.330 e. The van der Waals surface area contributed by atoms with Gasteiger partial charge in [0.1, 0.15) is 106 Å². The molecule has 23 rings (SSSR count). The summed E-state index contributed by atoms with van der Waals surface area (Å²) in [6, 6.07) is 7.76. The third-order valence-electron chi connectivity index (χ3n) is 30.6. The molecular formula is C93H131ClN12O35. The summed E-state index contributed by atoms with van der Waals surface area (Å²) in [5, 5.41) is 58.4. The number of hydrogen-bond acceptors (Lipinski definition) is 36. The fraction of sp³-hybridized carbons (Fsp3) is 0.731. The van der Waals surface area contributed by atoms with Crippen LogP contribution >= 0.6 is 11.6 Å². The molecule has 17 aliphatic rings. The molecule has 5 spiro atoms. The highest BCUT2D eigenvalue weighted by Crippen LogP contribution is 2.64. The SMILES string of the molecule is C.C.C.CCC1(CC)O[C@@H](n2ccc(=O)[nH]c2=O)[C@]2(C)OC3(CCCC3)O[C@H]12.C[C@@]1(O)[C@H](O)[C@@H](CO)O[C@H]1n1ccc(=O)[nH]c1=O.C[C@@]12OC3(CCCC3)O[C@@H]1C(CO)(CO)O[C@H]2n1ccc(=O)[nH]c1=O.C[C@@]12OC3(CCCC3)O[C@@H]1[C@@H](C=O)O[C@H]2n1ccc(=O)[nH]c1=O.C[C@@]12OC3(CCCC3)O[C@@H]1[C@@H](CO)O[C@H]2n1ccc(=O)[nH]c1=O.C[C@@]12OC3(CCCC3)O[C@@H]1[C@@]1(CCl)COc3nc(=O)ccn3[C@@H]2O1. The first kappa shape index (κ1) is 106. The average Bonchev–Trinajstić information content (AvgIpc) is 1.53. The monoisotopic (exact) mass is 2010 g/mol. The molecule has 16 fully saturated rings. The van der Waals surface area contributed by atoms with Gasteiger partial charge in [-0.3, -0.25) is 81.1 Å². The largest absolute Gasteiger partial charge is 0.461 e. The Morgan fingerprint density at radius 3 is 1.09 bits per heavy atom. The van der Waals surface area contributed by atoms with Crippen LogP contribution in [0.25, 0.3) is 0 Å². The lowest BCUT2D eigenvalue weighted by molar-refractivity contribution is -0.256. The second kappa shape index (κ2) is 39.2. The van der Waals surface area contributed by atoms with E-state index >= 15 is 0 Å². The van der Waals surface area contributed by atoms with E-state index in [1.54, 1.807) is 24.6 Å². The van der Waals surface area contributed by atoms with Crippen LogP contribution in [-0.2, 0) is 80.6 Å². The van der Waals surface area contributed by atoms with Crippen molar-refractivity contribution < 1.29 is 116 Å². The summed E-state index contributed by atoms with van der Waals surface area (Å²) in [5.41, 5.74) is -14.9. The van der Waals surface area contributed by atoms with Crippen LogP contribution in [0.5, 0.6) is 6.01 Å². The summed E-state index contributed by atoms with van der Waals surface area (Å²) in [4.78, 5) is 155. The van der Waals surface area contributed by atoms with Crippen molar-refractivity contribution in [2.45, 2.75) is 391 Å². The van der Waals surface area contributed by atoms with E-state index in [0.29, 0.717) is 19.1 Å². The van der Waals surface area contributed by atoms with Gasteiger partial charge in [-0.2, -0.15) is 4.98 Å². The third-order valence-corrected chi connectivity index (χ3v) is 31.1. The van der Waals surface area contributed by atoms with Crippen LogP contribution < -0.4 is 66.5 Å². The number of rotatable bonds is 13. The standard InChI is InChI=1S/C18H26N2O5.C16H19ClN2O5.C16H22N2O7.C15H20N2O6.C15H18N2O6.C10H14N2O6.3CH4/c1-4-17(5-2)13-16(3,25-18(23-13)9-6-7-10-18)14(24-17)20-11-8-12(21)19-15(20)22;1-14-11(22-16(24-14)5-2-3-6-16)15(8-17)9-21-13-18-10(20)4-7-19(13)12(14)23-15;1-14-11(23-16(25-14)5-2-3-6-16)15(8-19,9-20)24-12(14)18-7-4-10(21)17-13(18)22;2*1-14-11(22-15(23-14)5-2-3-6-15)9(8-18)21-12(14)17-7-4-10(19)16-13(17)20;1-10(17)7(15)5(4-13)18-8(10)12-3-2-6(14)11-9(12)16;;;/h8,11,13-14H,4-7,9-10H2,1-3H3,(H,19,21,22);4,7,11-12H,2-3,5-6,8-9H2,1H3;4,7,11-12,19-20H,2-3,5-6,8-9H2,1H3,(H,17,21,22);4,7,9,11-12,18H,2-3,5-6,8H2,1H3,(H,16,19,20);4,7-9,11-12H,2-3,5-6H2,1H3,(H,16,19,20);2-3,5,7-8,13,15,17H,4H2,1H3,(H,11,14,16);3*1H4/t13-,14+,16+;11-,12+,14+,15+;11-,12+,14+;2*9-,11-,12-,14-;5-,7-,8-,10-;;;/m000111.../s1. The predicted octanol–water partition coefficient (Wildman–Crippen LogP) is 2.28. The first-order valence-electron chi connectivity index (χ1n) is 47.1. The molecule has 0 unspecified atom stereocenters. The van der Waals surface area contributed by atoms with Gasteiger partial charge in [0.25, 0.3) is 33.4 Å². The molecule has 12 aliphatic heterocycles. The molecule has 11 N–H and O–H groups in total. The third kappa shape index (κ3) is 17.9. The second-order valence-electron chi connectivity index (χ2n) is 39.9. The number of aromatic amines is 5. The number of H-pyrrole nitrogens is 5. The molecule has 2 bridgehead atoms. The predicted molar refractivity (Wildman–Crippen MR) is 491 cm³/mol. The van der Waals surface area contributed by atoms with Crippen molar-refractivity contribution in [2.75, 3.05) is 38.9 Å². The number of nitrogens with zero attached hydrogens (tertiary/aromatic N) is 7. The number of hydrogen-bond donors (Lipinski definition) is 11. The van der Waals surface area contributed by atoms with E-state index in [1.165, 1.54) is 80.3 Å². The van der Waals surface area contributed by atoms with Crippen molar-refractivity contribution in [3.8, 4) is 6.01 Å². The average molecular weight is 2010 g/mol. The Morgan fingerprint density at radius 1 is 0.397 bits per heavy atom. The summed E-state index contributed by atoms with van der Waals surface area (Å²) in [6.07, 6.45) is 17.8. The van der Waals surface area contributed by atoms with E-state index in [2.05, 4.69) is 38.8 Å². The van der Waals surface area contributed by atoms with Crippen molar-refractivity contribution in [3.63, 3.8) is 0 Å². The lowest BCUT2D eigenvalue weighted by Crippen LogP contribution is -2.53. The van der Waals surface area contributed by atoms with Gasteiger partial charge in [-0.25, -0.2) is 24.0 Å². The molecule has 22 atom stereocenters. The van der Waals surface area contributed by atoms with Crippen molar-refractivity contribution in [1.82, 2.24) is 57.3 Å². The molecule has 780 valence electrons. The van der Waals surface area contributed by atoms with Crippen molar-refractivity contribution in [1.29, 1.82) is 0 Å². The zero-order chi connectivity index (χ0) is 98.3. The van der Waals surface area contributed by atoms with Gasteiger partial charge in [-0.15, -0.1) is 11.6 Å². The van der Waals surface area contributed by atoms with E-state index in [4.69, 9.17) is 97.2 Å². The maximum Gasteiger partial charge on any atom is 0.330 e. The number of aldehydes is 1. The first-order valence-corrected chi connectivity index (χ1v) is 47.7. The number of fused-ring (bicyclic) bond motifs is 11. The van der Waals surface area contributed by atoms with Crippen LogP contribution in [0.3, 0.4) is 0 Å². The minimum atomic E-state index is -1.75. The highest BCUT2D eigenvalue weighted by atomic mass is 35.5. The fourth-order valence-electron chi connectivity index (χ4n) is 23.9. The van der Waals surface area contributed by atoms with E-state index in [1.807, 2.05) is 25.8 Å². The Hall–Kier alpha value is -8.84. The summed E-state index contributed by atoms with van der Waals surface area (Å²) >= 11 is 6.30. The molecule has 47 nitrogen and oxygen atoms in total. The maximum atomic E-state index is 12.4. The van der Waals surface area contributed by atoms with Crippen LogP contribution in [0.15, 0.2) is 126 Å². The Kier molecular flexibility index (Phi) is 29.6. The Labute approximate surface area is 811 Å². The number of ether oxygens (including phenoxy) is 17. The van der Waals surface area contributed by atoms with Crippen LogP contribution in [0.1, 0.15) is 256 Å². The minimum Gasteiger partial charge on any atom is -0.461 e. The quantitative estimate of drug-likeness (QED) is 0.0583. The van der Waals surface area contributed by atoms with Gasteiger partial charge < -0.3 is 116 Å². The number of carbonyl (C=O) groups is 1. The molecule has 11 saturated heterocycles. The van der Waals surface area contributed by atoms with Crippen LogP contribution in [-0.4, -0.2) is 267 Å². The zero-order valence-corrected chi connectivity index (χ0v) is 78.3. The van der Waals surface area contributed by atoms with Gasteiger partial charge in [-0.05, 0) is 119 Å². The number of halogens is 1. The normalized spacial score (nSPS) is 36.7. The van der Waals surface area contributed by atoms with Gasteiger partial charge >= 0.3 is 34.5 Å². The Morgan fingerprint density at radius 2 is 0.716 bits per heavy atom. The molecule has 18 heterocycles. The number of aliphatic hydroxyl groups is 6. The second-order valence-corrected chi connectivity index (χ2v) is 40.1. The lowest BCUT2D eigenvalue weighted by Gasteiger charge is -2.34. The highest BCUT2D eigenvalue weighted by Gasteiger charge is 2.77. The van der Waals surface area contributed by atoms with Crippen molar-refractivity contribution in [3.05, 3.63) is 188 Å². The summed E-state index contributed by atoms with van der Waals surface area (Å²) in [6.45, 7) is 13.3. The molecular weight excluding hydrogens is 1880 g/mol. The number of carbonyl (C=O) groups excluding carboxylic acids is 1. The van der Waals surface area contributed by atoms with Crippen molar-refractivity contribution in [2.24, 2.45) is 0 Å². The zero-order valence-electron chi connectivity index (χ0n) is 77.5. The molecule has 5 aliphatic carbocycles. The Bertz CT molecular complexity index is 6100. The number of nitrogens with one attached hydrogen (secondary N) is 5. The highest BCUT2D eigenvalue weighted by molar-refractivity contribution is 6.18. The molecule has 5 saturated carbocycles. The lowest BCUT2D eigenvalue weighted by atomic mass is 9.84. The molecule has 141 heavy (non-hydrogen) atoms. The van der Waals surface area contributed by atoms with E-state index in [9.17, 15) is 83.1 Å². The molecule has 6 aromatic heterocycles. The van der Waals surface area contributed by atoms with Crippen LogP contribution in [0.4, 0.5) is 0 Å². The number of aromatic nitrogens is 12. The van der Waals surface area contributed by atoms with Gasteiger partial charge in [0.05, 0.1) is 37.9 Å². The Balaban J connectivity index is 0.000000128. The van der Waals surface area contributed by atoms with E-state index in [-0.39, 0.29) is 65.2 Å². The number of alkyl halides is 1. The van der Waals surface area contributed by atoms with Crippen molar-refractivity contribution >= 4 is 17.9 Å². The molecule has 48 heteroatoms. The fourth-order valence-corrected chi connectivity index (χ4v) is 24.2. The summed E-state index contributed by atoms with van der Waals surface area (Å²) in [7, 11) is 0. The van der Waals surface area contributed by atoms with Gasteiger partial charge in [0.2, 0.25) is 0 Å². The minimum absolute atomic E-state index is 0. The summed E-state index contributed by atoms with van der Waals surface area (Å²) in [5.74, 6) is -3.06. The maximum absolute atomic E-state index is 12.4. The van der Waals surface area contributed by atoms with Gasteiger partial charge in [0.15, 0.2) is 72.6 Å². The first-order chi connectivity index (χ1) is 65.6. The van der Waals surface area contributed by atoms with Gasteiger partial charge in [0, 0.05) is 138 Å². The topological polar surface area (TPSA) is 605 Å². The van der Waals surface area contributed by atoms with Gasteiger partial charge in [-0.1, -0.05) is 36.1 Å². The summed E-state index contributed by atoms with van der Waals surface area (Å²) < 4.78 is 112. The van der Waals surface area contributed by atoms with Crippen LogP contribution in [0, 0.1) is 0 Å². The molecule has 0 aromatic carbocycles. The molecule has 6 aromatic rings. The molecule has 0 amide bonds. The van der Waals surface area contributed by atoms with E-state index in [0.717, 1.165) is 145 Å². The number of aliphatic hydroxyl groups excluding tert-OH is 5.